The summed E-state index contributed by atoms with van der Waals surface area (Å²) in [6.45, 7) is 4.74. The number of nitrogens with zero attached hydrogens (tertiary/aromatic N) is 1. The minimum absolute atomic E-state index is 0. The van der Waals surface area contributed by atoms with Crippen molar-refractivity contribution in [1.82, 2.24) is 10.2 Å². The number of aliphatic hydroxyl groups excluding tert-OH is 3. The number of hydrogen-bond donors (Lipinski definition) is 4. The minimum atomic E-state index is -1.36. The SMILES string of the molecule is CCC[C@@H]1C[C@@H](C(=O)N[C@@H]([C@H]2O[C@H](SC)[C@H](O)[C@@H](O)[C@H]2O)[C@H](C)Cl)N(C)C1.[NaH]. The molecule has 2 saturated heterocycles. The third kappa shape index (κ3) is 6.22. The molecular formula is C18H34ClN2NaO5S. The van der Waals surface area contributed by atoms with Gasteiger partial charge in [-0.3, -0.25) is 9.69 Å². The van der Waals surface area contributed by atoms with E-state index in [0.717, 1.165) is 25.8 Å². The zero-order valence-corrected chi connectivity index (χ0v) is 18.0. The van der Waals surface area contributed by atoms with Gasteiger partial charge in [-0.2, -0.15) is 0 Å². The molecule has 0 bridgehead atoms. The first-order valence-corrected chi connectivity index (χ1v) is 11.3. The number of rotatable bonds is 7. The third-order valence-corrected chi connectivity index (χ3v) is 6.76. The molecule has 10 heteroatoms. The van der Waals surface area contributed by atoms with Crippen LogP contribution in [0.3, 0.4) is 0 Å². The van der Waals surface area contributed by atoms with Gasteiger partial charge < -0.3 is 25.4 Å². The Kier molecular flexibility index (Phi) is 11.6. The fourth-order valence-electron chi connectivity index (χ4n) is 4.11. The number of halogens is 1. The molecule has 2 aliphatic rings. The summed E-state index contributed by atoms with van der Waals surface area (Å²) in [7, 11) is 1.94. The van der Waals surface area contributed by atoms with E-state index in [9.17, 15) is 20.1 Å². The van der Waals surface area contributed by atoms with E-state index in [2.05, 4.69) is 12.2 Å². The number of likely N-dealkylation sites (tertiary alicyclic amines) is 1. The first-order chi connectivity index (χ1) is 12.7. The number of hydrogen-bond acceptors (Lipinski definition) is 7. The summed E-state index contributed by atoms with van der Waals surface area (Å²) in [6.07, 6.45) is -0.0980. The van der Waals surface area contributed by atoms with Crippen molar-refractivity contribution < 1.29 is 24.9 Å². The van der Waals surface area contributed by atoms with Crippen molar-refractivity contribution in [3.05, 3.63) is 0 Å². The van der Waals surface area contributed by atoms with Crippen molar-refractivity contribution in [2.45, 2.75) is 80.4 Å². The Labute approximate surface area is 199 Å². The molecule has 2 rings (SSSR count). The van der Waals surface area contributed by atoms with E-state index in [1.54, 1.807) is 13.2 Å². The number of amides is 1. The molecule has 2 aliphatic heterocycles. The zero-order chi connectivity index (χ0) is 20.3. The van der Waals surface area contributed by atoms with Crippen molar-refractivity contribution in [3.63, 3.8) is 0 Å². The van der Waals surface area contributed by atoms with Gasteiger partial charge in [-0.05, 0) is 39.0 Å². The molecule has 0 unspecified atom stereocenters. The van der Waals surface area contributed by atoms with Gasteiger partial charge in [-0.25, -0.2) is 0 Å². The molecule has 160 valence electrons. The van der Waals surface area contributed by atoms with Crippen LogP contribution in [0.2, 0.25) is 0 Å². The summed E-state index contributed by atoms with van der Waals surface area (Å²) in [4.78, 5) is 14.9. The molecule has 2 heterocycles. The second-order valence-electron chi connectivity index (χ2n) is 7.73. The van der Waals surface area contributed by atoms with Crippen LogP contribution in [0.15, 0.2) is 0 Å². The van der Waals surface area contributed by atoms with Gasteiger partial charge in [0.15, 0.2) is 0 Å². The molecule has 0 aliphatic carbocycles. The first kappa shape index (κ1) is 26.9. The summed E-state index contributed by atoms with van der Waals surface area (Å²) >= 11 is 7.55. The van der Waals surface area contributed by atoms with Crippen molar-refractivity contribution in [2.24, 2.45) is 5.92 Å². The molecule has 9 atom stereocenters. The maximum absolute atomic E-state index is 12.9. The van der Waals surface area contributed by atoms with Gasteiger partial charge >= 0.3 is 29.6 Å². The predicted octanol–water partition coefficient (Wildman–Crippen LogP) is -0.259. The molecule has 0 saturated carbocycles. The second kappa shape index (κ2) is 12.1. The molecular weight excluding hydrogens is 415 g/mol. The van der Waals surface area contributed by atoms with E-state index in [4.69, 9.17) is 16.3 Å². The summed E-state index contributed by atoms with van der Waals surface area (Å²) in [6, 6.07) is -0.934. The molecule has 0 aromatic carbocycles. The fraction of sp³-hybridized carbons (Fsp3) is 0.944. The van der Waals surface area contributed by atoms with Crippen molar-refractivity contribution >= 4 is 58.8 Å². The summed E-state index contributed by atoms with van der Waals surface area (Å²) in [5, 5.41) is 33.0. The predicted molar refractivity (Wildman–Crippen MR) is 114 cm³/mol. The molecule has 0 spiro atoms. The van der Waals surface area contributed by atoms with E-state index < -0.39 is 41.3 Å². The van der Waals surface area contributed by atoms with Gasteiger partial charge in [0.05, 0.1) is 17.5 Å². The third-order valence-electron chi connectivity index (χ3n) is 5.63. The van der Waals surface area contributed by atoms with Crippen molar-refractivity contribution in [2.75, 3.05) is 19.8 Å². The second-order valence-corrected chi connectivity index (χ2v) is 9.36. The molecule has 2 fully saturated rings. The standard InChI is InChI=1S/C18H33ClN2O5S.Na.H/c1-5-6-10-7-11(21(3)8-10)17(25)20-12(9(2)19)16-14(23)13(22)15(24)18(26-16)27-4;;/h9-16,18,22-24H,5-8H2,1-4H3,(H,20,25);;/t9-,10+,11-,12+,13-,14+,15+,16+,18+;;/m0../s1. The van der Waals surface area contributed by atoms with Gasteiger partial charge in [0.2, 0.25) is 5.91 Å². The van der Waals surface area contributed by atoms with Crippen LogP contribution in [-0.4, -0.2) is 123 Å². The van der Waals surface area contributed by atoms with Crippen LogP contribution in [0.25, 0.3) is 0 Å². The molecule has 0 radical (unpaired) electrons. The van der Waals surface area contributed by atoms with E-state index in [0.29, 0.717) is 5.92 Å². The van der Waals surface area contributed by atoms with Gasteiger partial charge in [0.1, 0.15) is 29.9 Å². The number of likely N-dealkylation sites (N-methyl/N-ethyl adjacent to an activating group) is 1. The Morgan fingerprint density at radius 1 is 1.32 bits per heavy atom. The number of ether oxygens (including phenoxy) is 1. The maximum atomic E-state index is 12.9. The number of carbonyl (C=O) groups is 1. The van der Waals surface area contributed by atoms with Crippen LogP contribution in [0.5, 0.6) is 0 Å². The van der Waals surface area contributed by atoms with Gasteiger partial charge in [0, 0.05) is 6.54 Å². The van der Waals surface area contributed by atoms with E-state index in [-0.39, 0.29) is 41.5 Å². The Morgan fingerprint density at radius 2 is 1.96 bits per heavy atom. The fourth-order valence-corrected chi connectivity index (χ4v) is 5.00. The first-order valence-electron chi connectivity index (χ1n) is 9.58. The van der Waals surface area contributed by atoms with Crippen LogP contribution in [0.4, 0.5) is 0 Å². The number of alkyl halides is 1. The quantitative estimate of drug-likeness (QED) is 0.314. The van der Waals surface area contributed by atoms with E-state index in [1.807, 2.05) is 11.9 Å². The average molecular weight is 449 g/mol. The number of thioether (sulfide) groups is 1. The monoisotopic (exact) mass is 448 g/mol. The molecule has 0 aromatic rings. The molecule has 0 aromatic heterocycles. The number of nitrogens with one attached hydrogen (secondary N) is 1. The Balaban J connectivity index is 0.00000392. The van der Waals surface area contributed by atoms with Gasteiger partial charge in [0.25, 0.3) is 0 Å². The van der Waals surface area contributed by atoms with Crippen LogP contribution in [0.1, 0.15) is 33.1 Å². The Morgan fingerprint density at radius 3 is 2.50 bits per heavy atom. The topological polar surface area (TPSA) is 102 Å². The molecule has 4 N–H and O–H groups in total. The van der Waals surface area contributed by atoms with Gasteiger partial charge in [-0.1, -0.05) is 13.3 Å². The summed E-state index contributed by atoms with van der Waals surface area (Å²) in [5.74, 6) is 0.350. The summed E-state index contributed by atoms with van der Waals surface area (Å²) in [5.41, 5.74) is -0.702. The zero-order valence-electron chi connectivity index (χ0n) is 16.4. The number of aliphatic hydroxyl groups is 3. The Bertz CT molecular complexity index is 505. The Hall–Kier alpha value is 0.910. The number of carbonyl (C=O) groups excluding carboxylic acids is 1. The summed E-state index contributed by atoms with van der Waals surface area (Å²) < 4.78 is 5.79. The van der Waals surface area contributed by atoms with Crippen LogP contribution in [0, 0.1) is 5.92 Å². The van der Waals surface area contributed by atoms with Crippen LogP contribution >= 0.6 is 23.4 Å². The molecule has 1 amide bonds. The van der Waals surface area contributed by atoms with Crippen LogP contribution in [-0.2, 0) is 9.53 Å². The van der Waals surface area contributed by atoms with Crippen molar-refractivity contribution in [3.8, 4) is 0 Å². The normalized spacial score (nSPS) is 38.5. The average Bonchev–Trinajstić information content (AvgIpc) is 2.99. The molecule has 28 heavy (non-hydrogen) atoms. The van der Waals surface area contributed by atoms with Gasteiger partial charge in [-0.15, -0.1) is 23.4 Å². The van der Waals surface area contributed by atoms with Crippen LogP contribution < -0.4 is 5.32 Å². The molecule has 7 nitrogen and oxygen atoms in total. The van der Waals surface area contributed by atoms with E-state index >= 15 is 0 Å². The van der Waals surface area contributed by atoms with Crippen molar-refractivity contribution in [1.29, 1.82) is 0 Å². The van der Waals surface area contributed by atoms with E-state index in [1.165, 1.54) is 11.8 Å².